The Hall–Kier alpha value is -1.72. The number of allylic oxidation sites excluding steroid dienone is 1. The van der Waals surface area contributed by atoms with Gasteiger partial charge in [0.15, 0.2) is 0 Å². The van der Waals surface area contributed by atoms with Crippen molar-refractivity contribution in [2.45, 2.75) is 57.2 Å². The zero-order chi connectivity index (χ0) is 18.5. The van der Waals surface area contributed by atoms with Gasteiger partial charge in [0.2, 0.25) is 5.91 Å². The molecule has 2 saturated heterocycles. The van der Waals surface area contributed by atoms with Crippen LogP contribution in [0, 0.1) is 5.92 Å². The summed E-state index contributed by atoms with van der Waals surface area (Å²) in [6, 6.07) is 5.90. The molecule has 5 heteroatoms. The van der Waals surface area contributed by atoms with Gasteiger partial charge in [-0.05, 0) is 63.0 Å². The van der Waals surface area contributed by atoms with Crippen LogP contribution in [0.15, 0.2) is 36.0 Å². The highest BCUT2D eigenvalue weighted by atomic mass is 16.5. The second kappa shape index (κ2) is 8.53. The summed E-state index contributed by atoms with van der Waals surface area (Å²) in [4.78, 5) is 19.0. The second-order valence-corrected chi connectivity index (χ2v) is 7.97. The molecule has 0 radical (unpaired) electrons. The minimum absolute atomic E-state index is 0.0464. The fourth-order valence-electron chi connectivity index (χ4n) is 4.79. The van der Waals surface area contributed by atoms with Gasteiger partial charge in [0.05, 0.1) is 17.9 Å². The number of carbonyl (C=O) groups excluding carboxylic acids is 1. The maximum absolute atomic E-state index is 12.6. The predicted octanol–water partition coefficient (Wildman–Crippen LogP) is 3.50. The van der Waals surface area contributed by atoms with Gasteiger partial charge in [-0.3, -0.25) is 9.78 Å². The van der Waals surface area contributed by atoms with E-state index in [1.165, 1.54) is 0 Å². The van der Waals surface area contributed by atoms with Gasteiger partial charge in [0.1, 0.15) is 0 Å². The summed E-state index contributed by atoms with van der Waals surface area (Å²) in [5, 5.41) is 0. The first-order valence-corrected chi connectivity index (χ1v) is 10.4. The Labute approximate surface area is 161 Å². The minimum Gasteiger partial charge on any atom is -0.375 e. The lowest BCUT2D eigenvalue weighted by Gasteiger charge is -2.42. The quantitative estimate of drug-likeness (QED) is 0.719. The third kappa shape index (κ3) is 4.25. The van der Waals surface area contributed by atoms with E-state index in [9.17, 15) is 4.79 Å². The molecular formula is C22H30N2O3. The molecule has 0 N–H and O–H groups in total. The van der Waals surface area contributed by atoms with Crippen molar-refractivity contribution in [1.82, 2.24) is 9.88 Å². The molecule has 0 unspecified atom stereocenters. The van der Waals surface area contributed by atoms with Crippen LogP contribution < -0.4 is 0 Å². The number of pyridine rings is 1. The van der Waals surface area contributed by atoms with Gasteiger partial charge < -0.3 is 14.4 Å². The highest BCUT2D eigenvalue weighted by Gasteiger charge is 2.46. The van der Waals surface area contributed by atoms with E-state index in [4.69, 9.17) is 9.47 Å². The van der Waals surface area contributed by atoms with Gasteiger partial charge in [0.25, 0.3) is 0 Å². The maximum atomic E-state index is 12.6. The molecule has 5 nitrogen and oxygen atoms in total. The Balaban J connectivity index is 1.25. The number of likely N-dealkylation sites (tertiary alicyclic amines) is 1. The van der Waals surface area contributed by atoms with Gasteiger partial charge in [-0.2, -0.15) is 0 Å². The lowest BCUT2D eigenvalue weighted by atomic mass is 9.78. The topological polar surface area (TPSA) is 51.7 Å². The number of carbonyl (C=O) groups is 1. The average molecular weight is 370 g/mol. The smallest absolute Gasteiger partial charge is 0.249 e. The van der Waals surface area contributed by atoms with Gasteiger partial charge in [-0.15, -0.1) is 0 Å². The van der Waals surface area contributed by atoms with Crippen molar-refractivity contribution in [1.29, 1.82) is 0 Å². The van der Waals surface area contributed by atoms with Crippen LogP contribution in [0.3, 0.4) is 0 Å². The van der Waals surface area contributed by atoms with Crippen molar-refractivity contribution in [3.05, 3.63) is 41.7 Å². The monoisotopic (exact) mass is 370 g/mol. The van der Waals surface area contributed by atoms with Crippen molar-refractivity contribution in [2.75, 3.05) is 26.3 Å². The Morgan fingerprint density at radius 1 is 1.33 bits per heavy atom. The predicted molar refractivity (Wildman–Crippen MR) is 103 cm³/mol. The minimum atomic E-state index is -0.0464. The SMILES string of the molecule is O=C(C1=CCCC1)N1CCC2(CC1)OCC[C@H]2CCOCc1ccccn1. The van der Waals surface area contributed by atoms with Gasteiger partial charge in [0, 0.05) is 38.1 Å². The van der Waals surface area contributed by atoms with E-state index < -0.39 is 0 Å². The molecule has 3 aliphatic rings. The lowest BCUT2D eigenvalue weighted by Crippen LogP contribution is -2.49. The van der Waals surface area contributed by atoms with Crippen molar-refractivity contribution in [3.8, 4) is 0 Å². The molecular weight excluding hydrogens is 340 g/mol. The van der Waals surface area contributed by atoms with Crippen LogP contribution in [0.25, 0.3) is 0 Å². The summed E-state index contributed by atoms with van der Waals surface area (Å²) in [7, 11) is 0. The van der Waals surface area contributed by atoms with Crippen molar-refractivity contribution < 1.29 is 14.3 Å². The van der Waals surface area contributed by atoms with Crippen LogP contribution in [-0.4, -0.2) is 47.7 Å². The number of rotatable bonds is 6. The number of hydrogen-bond acceptors (Lipinski definition) is 4. The summed E-state index contributed by atoms with van der Waals surface area (Å²) in [6.45, 7) is 3.79. The fraction of sp³-hybridized carbons (Fsp3) is 0.636. The third-order valence-corrected chi connectivity index (χ3v) is 6.40. The number of nitrogens with zero attached hydrogens (tertiary/aromatic N) is 2. The molecule has 1 spiro atoms. The number of amides is 1. The summed E-state index contributed by atoms with van der Waals surface area (Å²) in [5.74, 6) is 0.791. The van der Waals surface area contributed by atoms with E-state index in [-0.39, 0.29) is 11.5 Å². The summed E-state index contributed by atoms with van der Waals surface area (Å²) in [6.07, 6.45) is 11.1. The Bertz CT molecular complexity index is 665. The normalized spacial score (nSPS) is 24.4. The lowest BCUT2D eigenvalue weighted by molar-refractivity contribution is -0.134. The molecule has 1 aliphatic carbocycles. The standard InChI is InChI=1S/C22H30N2O3/c25-21(18-5-1-2-6-18)24-13-10-22(11-14-24)19(9-16-27-22)8-15-26-17-20-7-3-4-12-23-20/h3-5,7,12,19H,1-2,6,8-11,13-17H2/t19-/m1/s1. The van der Waals surface area contributed by atoms with Crippen LogP contribution in [0.2, 0.25) is 0 Å². The van der Waals surface area contributed by atoms with Gasteiger partial charge in [-0.25, -0.2) is 0 Å². The van der Waals surface area contributed by atoms with E-state index in [0.29, 0.717) is 12.5 Å². The van der Waals surface area contributed by atoms with Crippen LogP contribution in [0.4, 0.5) is 0 Å². The van der Waals surface area contributed by atoms with Gasteiger partial charge in [-0.1, -0.05) is 12.1 Å². The molecule has 1 aromatic heterocycles. The molecule has 0 saturated carbocycles. The maximum Gasteiger partial charge on any atom is 0.249 e. The number of aromatic nitrogens is 1. The Kier molecular flexibility index (Phi) is 5.89. The first kappa shape index (κ1) is 18.6. The van der Waals surface area contributed by atoms with E-state index in [2.05, 4.69) is 11.1 Å². The molecule has 3 heterocycles. The van der Waals surface area contributed by atoms with E-state index in [0.717, 1.165) is 82.5 Å². The summed E-state index contributed by atoms with van der Waals surface area (Å²) < 4.78 is 12.1. The van der Waals surface area contributed by atoms with Gasteiger partial charge >= 0.3 is 0 Å². The fourth-order valence-corrected chi connectivity index (χ4v) is 4.79. The van der Waals surface area contributed by atoms with E-state index >= 15 is 0 Å². The molecule has 4 rings (SSSR count). The number of hydrogen-bond donors (Lipinski definition) is 0. The Morgan fingerprint density at radius 2 is 2.22 bits per heavy atom. The second-order valence-electron chi connectivity index (χ2n) is 7.97. The molecule has 2 aliphatic heterocycles. The van der Waals surface area contributed by atoms with E-state index in [1.54, 1.807) is 6.20 Å². The molecule has 1 amide bonds. The van der Waals surface area contributed by atoms with Crippen molar-refractivity contribution >= 4 is 5.91 Å². The first-order chi connectivity index (χ1) is 13.3. The summed E-state index contributed by atoms with van der Waals surface area (Å²) >= 11 is 0. The van der Waals surface area contributed by atoms with Crippen molar-refractivity contribution in [2.24, 2.45) is 5.92 Å². The molecule has 27 heavy (non-hydrogen) atoms. The van der Waals surface area contributed by atoms with Crippen LogP contribution >= 0.6 is 0 Å². The zero-order valence-electron chi connectivity index (χ0n) is 16.1. The Morgan fingerprint density at radius 3 is 2.96 bits per heavy atom. The average Bonchev–Trinajstić information content (AvgIpc) is 3.37. The largest absolute Gasteiger partial charge is 0.375 e. The van der Waals surface area contributed by atoms with Crippen LogP contribution in [0.1, 0.15) is 50.6 Å². The van der Waals surface area contributed by atoms with Crippen LogP contribution in [0.5, 0.6) is 0 Å². The molecule has 1 aromatic rings. The molecule has 0 bridgehead atoms. The molecule has 0 aromatic carbocycles. The first-order valence-electron chi connectivity index (χ1n) is 10.4. The molecule has 2 fully saturated rings. The highest BCUT2D eigenvalue weighted by molar-refractivity contribution is 5.93. The number of piperidine rings is 1. The van der Waals surface area contributed by atoms with E-state index in [1.807, 2.05) is 23.1 Å². The molecule has 146 valence electrons. The highest BCUT2D eigenvalue weighted by Crippen LogP contribution is 2.42. The number of ether oxygens (including phenoxy) is 2. The summed E-state index contributed by atoms with van der Waals surface area (Å²) in [5.41, 5.74) is 1.95. The van der Waals surface area contributed by atoms with Crippen LogP contribution in [-0.2, 0) is 20.9 Å². The third-order valence-electron chi connectivity index (χ3n) is 6.40. The zero-order valence-corrected chi connectivity index (χ0v) is 16.1. The van der Waals surface area contributed by atoms with Crippen molar-refractivity contribution in [3.63, 3.8) is 0 Å². The molecule has 1 atom stereocenters.